The lowest BCUT2D eigenvalue weighted by Crippen LogP contribution is -2.58. The average molecular weight is 330 g/mol. The van der Waals surface area contributed by atoms with Crippen LogP contribution in [0.15, 0.2) is 23.3 Å². The molecule has 130 valence electrons. The van der Waals surface area contributed by atoms with Gasteiger partial charge in [-0.15, -0.1) is 0 Å². The minimum absolute atomic E-state index is 0.0120. The summed E-state index contributed by atoms with van der Waals surface area (Å²) < 4.78 is 6.84. The monoisotopic (exact) mass is 330 g/mol. The third-order valence-electron chi connectivity index (χ3n) is 7.86. The van der Waals surface area contributed by atoms with Gasteiger partial charge in [-0.2, -0.15) is 0 Å². The Kier molecular flexibility index (Phi) is 2.81. The smallest absolute Gasteiger partial charge is 0.139 e. The van der Waals surface area contributed by atoms with Gasteiger partial charge in [0.25, 0.3) is 0 Å². The van der Waals surface area contributed by atoms with Crippen LogP contribution in [0.3, 0.4) is 0 Å². The second kappa shape index (κ2) is 4.40. The van der Waals surface area contributed by atoms with E-state index in [4.69, 9.17) is 4.74 Å². The SMILES string of the molecule is C[C@H]1CC23CC[C@@]4(O2)C(=CC[C@]2(C)C(=O)CC[C@H]24)C=C3[C@@H](O)[C@@H]1O. The predicted molar refractivity (Wildman–Crippen MR) is 88.2 cm³/mol. The number of hydrogen-bond acceptors (Lipinski definition) is 4. The van der Waals surface area contributed by atoms with Crippen LogP contribution in [-0.2, 0) is 9.53 Å². The highest BCUT2D eigenvalue weighted by molar-refractivity contribution is 5.88. The van der Waals surface area contributed by atoms with Gasteiger partial charge in [-0.3, -0.25) is 4.79 Å². The van der Waals surface area contributed by atoms with Gasteiger partial charge in [-0.05, 0) is 49.2 Å². The molecule has 7 atom stereocenters. The number of allylic oxidation sites excluding steroid dienone is 1. The van der Waals surface area contributed by atoms with Crippen molar-refractivity contribution in [3.63, 3.8) is 0 Å². The minimum atomic E-state index is -0.843. The molecule has 2 saturated carbocycles. The molecule has 2 aliphatic heterocycles. The summed E-state index contributed by atoms with van der Waals surface area (Å²) in [6, 6.07) is 0. The van der Waals surface area contributed by atoms with Crippen molar-refractivity contribution in [3.8, 4) is 0 Å². The normalized spacial score (nSPS) is 55.4. The number of hydrogen-bond donors (Lipinski definition) is 2. The largest absolute Gasteiger partial charge is 0.390 e. The first kappa shape index (κ1) is 15.3. The second-order valence-electron chi connectivity index (χ2n) is 9.00. The second-order valence-corrected chi connectivity index (χ2v) is 9.00. The number of ketones is 1. The average Bonchev–Trinajstić information content (AvgIpc) is 3.02. The van der Waals surface area contributed by atoms with E-state index < -0.39 is 17.8 Å². The Morgan fingerprint density at radius 3 is 2.88 bits per heavy atom. The van der Waals surface area contributed by atoms with Crippen LogP contribution < -0.4 is 0 Å². The number of carbonyl (C=O) groups is 1. The van der Waals surface area contributed by atoms with Gasteiger partial charge >= 0.3 is 0 Å². The number of carbonyl (C=O) groups excluding carboxylic acids is 1. The van der Waals surface area contributed by atoms with E-state index in [9.17, 15) is 15.0 Å². The van der Waals surface area contributed by atoms with E-state index in [-0.39, 0.29) is 22.9 Å². The van der Waals surface area contributed by atoms with Gasteiger partial charge in [-0.25, -0.2) is 0 Å². The van der Waals surface area contributed by atoms with Crippen molar-refractivity contribution in [2.24, 2.45) is 17.3 Å². The molecule has 1 saturated heterocycles. The fourth-order valence-electron chi connectivity index (χ4n) is 6.50. The van der Waals surface area contributed by atoms with Crippen LogP contribution in [0.25, 0.3) is 0 Å². The topological polar surface area (TPSA) is 66.8 Å². The number of fused-ring (bicyclic) bond motifs is 1. The molecule has 2 bridgehead atoms. The Bertz CT molecular complexity index is 694. The summed E-state index contributed by atoms with van der Waals surface area (Å²) in [5.41, 5.74) is 0.909. The van der Waals surface area contributed by atoms with Crippen LogP contribution >= 0.6 is 0 Å². The highest BCUT2D eigenvalue weighted by atomic mass is 16.5. The number of aliphatic hydroxyl groups is 2. The van der Waals surface area contributed by atoms with Crippen LogP contribution in [0.5, 0.6) is 0 Å². The lowest BCUT2D eigenvalue weighted by Gasteiger charge is -2.54. The lowest BCUT2D eigenvalue weighted by atomic mass is 9.60. The van der Waals surface area contributed by atoms with E-state index in [0.29, 0.717) is 12.2 Å². The first-order valence-corrected chi connectivity index (χ1v) is 9.35. The summed E-state index contributed by atoms with van der Waals surface area (Å²) in [7, 11) is 0. The molecule has 3 aliphatic carbocycles. The van der Waals surface area contributed by atoms with E-state index >= 15 is 0 Å². The number of Topliss-reactive ketones (excluding diaryl/α,β-unsaturated/α-hetero) is 1. The van der Waals surface area contributed by atoms with Gasteiger partial charge < -0.3 is 14.9 Å². The van der Waals surface area contributed by atoms with E-state index in [2.05, 4.69) is 19.1 Å². The fraction of sp³-hybridized carbons (Fsp3) is 0.750. The first-order valence-electron chi connectivity index (χ1n) is 9.35. The molecule has 0 aromatic carbocycles. The number of aliphatic hydroxyl groups excluding tert-OH is 2. The predicted octanol–water partition coefficient (Wildman–Crippen LogP) is 2.29. The van der Waals surface area contributed by atoms with Gasteiger partial charge in [0.2, 0.25) is 0 Å². The van der Waals surface area contributed by atoms with Crippen molar-refractivity contribution < 1.29 is 19.7 Å². The molecule has 24 heavy (non-hydrogen) atoms. The summed E-state index contributed by atoms with van der Waals surface area (Å²) in [5.74, 6) is 0.635. The highest BCUT2D eigenvalue weighted by Gasteiger charge is 2.67. The third-order valence-corrected chi connectivity index (χ3v) is 7.86. The molecule has 2 N–H and O–H groups in total. The van der Waals surface area contributed by atoms with Gasteiger partial charge in [0.1, 0.15) is 11.9 Å². The van der Waals surface area contributed by atoms with Crippen molar-refractivity contribution in [2.45, 2.75) is 75.8 Å². The third kappa shape index (κ3) is 1.54. The molecular formula is C20H26O4. The molecule has 4 nitrogen and oxygen atoms in total. The molecule has 2 spiro atoms. The van der Waals surface area contributed by atoms with Crippen LogP contribution in [0.2, 0.25) is 0 Å². The quantitative estimate of drug-likeness (QED) is 0.715. The Balaban J connectivity index is 1.67. The van der Waals surface area contributed by atoms with Gasteiger partial charge in [0.05, 0.1) is 17.3 Å². The van der Waals surface area contributed by atoms with Crippen molar-refractivity contribution >= 4 is 5.78 Å². The zero-order valence-electron chi connectivity index (χ0n) is 14.4. The Morgan fingerprint density at radius 1 is 1.29 bits per heavy atom. The maximum absolute atomic E-state index is 12.5. The lowest BCUT2D eigenvalue weighted by molar-refractivity contribution is -0.164. The van der Waals surface area contributed by atoms with Crippen LogP contribution in [0.4, 0.5) is 0 Å². The molecule has 0 aromatic rings. The Labute approximate surface area is 142 Å². The molecule has 0 amide bonds. The van der Waals surface area contributed by atoms with Crippen molar-refractivity contribution in [3.05, 3.63) is 23.3 Å². The summed E-state index contributed by atoms with van der Waals surface area (Å²) in [4.78, 5) is 12.5. The minimum Gasteiger partial charge on any atom is -0.390 e. The van der Waals surface area contributed by atoms with E-state index in [1.54, 1.807) is 0 Å². The molecule has 5 rings (SSSR count). The number of ether oxygens (including phenoxy) is 1. The van der Waals surface area contributed by atoms with Crippen molar-refractivity contribution in [1.82, 2.24) is 0 Å². The molecule has 5 aliphatic rings. The van der Waals surface area contributed by atoms with Crippen LogP contribution in [0.1, 0.15) is 52.4 Å². The molecule has 3 fully saturated rings. The highest BCUT2D eigenvalue weighted by Crippen LogP contribution is 2.65. The van der Waals surface area contributed by atoms with Gasteiger partial charge in [0, 0.05) is 17.8 Å². The molecular weight excluding hydrogens is 304 g/mol. The van der Waals surface area contributed by atoms with E-state index in [0.717, 1.165) is 43.3 Å². The van der Waals surface area contributed by atoms with Crippen LogP contribution in [0, 0.1) is 17.3 Å². The molecule has 4 heteroatoms. The summed E-state index contributed by atoms with van der Waals surface area (Å²) in [6.45, 7) is 4.11. The molecule has 2 heterocycles. The summed E-state index contributed by atoms with van der Waals surface area (Å²) in [5, 5.41) is 21.0. The van der Waals surface area contributed by atoms with E-state index in [1.807, 2.05) is 6.92 Å². The maximum Gasteiger partial charge on any atom is 0.139 e. The van der Waals surface area contributed by atoms with Crippen molar-refractivity contribution in [2.75, 3.05) is 0 Å². The Morgan fingerprint density at radius 2 is 2.08 bits per heavy atom. The van der Waals surface area contributed by atoms with Crippen LogP contribution in [-0.4, -0.2) is 39.4 Å². The maximum atomic E-state index is 12.5. The first-order chi connectivity index (χ1) is 11.3. The van der Waals surface area contributed by atoms with Crippen molar-refractivity contribution in [1.29, 1.82) is 0 Å². The summed E-state index contributed by atoms with van der Waals surface area (Å²) >= 11 is 0. The fourth-order valence-corrected chi connectivity index (χ4v) is 6.50. The van der Waals surface area contributed by atoms with Gasteiger partial charge in [0.15, 0.2) is 0 Å². The zero-order chi connectivity index (χ0) is 16.9. The molecule has 0 aromatic heterocycles. The Hall–Kier alpha value is -0.970. The zero-order valence-corrected chi connectivity index (χ0v) is 14.4. The standard InChI is InChI=1S/C20H26O4/c1-11-10-19-7-8-20(24-19)12(9-13(19)17(23)16(11)22)5-6-18(2)14(20)3-4-15(18)21/h5,9,11,14,16-17,22-23H,3-4,6-8,10H2,1-2H3/t11-,14+,16+,17+,18-,19?,20+/m0/s1. The van der Waals surface area contributed by atoms with E-state index in [1.165, 1.54) is 0 Å². The molecule has 1 unspecified atom stereocenters. The number of rotatable bonds is 0. The van der Waals surface area contributed by atoms with Gasteiger partial charge in [-0.1, -0.05) is 26.0 Å². The summed E-state index contributed by atoms with van der Waals surface area (Å²) in [6.07, 6.45) is 7.60. The molecule has 0 radical (unpaired) electrons.